The van der Waals surface area contributed by atoms with Crippen LogP contribution in [-0.2, 0) is 6.42 Å². The van der Waals surface area contributed by atoms with Gasteiger partial charge in [0.1, 0.15) is 0 Å². The summed E-state index contributed by atoms with van der Waals surface area (Å²) < 4.78 is 0. The average Bonchev–Trinajstić information content (AvgIpc) is 2.17. The molecule has 0 amide bonds. The summed E-state index contributed by atoms with van der Waals surface area (Å²) >= 11 is 0. The van der Waals surface area contributed by atoms with Gasteiger partial charge in [0.2, 0.25) is 0 Å². The minimum atomic E-state index is 0.0763. The normalized spacial score (nSPS) is 9.55. The van der Waals surface area contributed by atoms with Gasteiger partial charge in [-0.3, -0.25) is 4.79 Å². The van der Waals surface area contributed by atoms with Crippen LogP contribution in [0.15, 0.2) is 35.1 Å². The molecule has 1 nitrogen and oxygen atoms in total. The fourth-order valence-electron chi connectivity index (χ4n) is 1.02. The number of hydrogen-bond donors (Lipinski definition) is 0. The molecule has 1 heteroatoms. The topological polar surface area (TPSA) is 17.1 Å². The van der Waals surface area contributed by atoms with Crippen molar-refractivity contribution in [3.63, 3.8) is 0 Å². The lowest BCUT2D eigenvalue weighted by Gasteiger charge is -1.89. The molecule has 58 valence electrons. The Labute approximate surface area is 66.7 Å². The van der Waals surface area contributed by atoms with Gasteiger partial charge >= 0.3 is 0 Å². The molecule has 0 N–H and O–H groups in total. The monoisotopic (exact) mass is 148 g/mol. The van der Waals surface area contributed by atoms with Crippen molar-refractivity contribution in [2.75, 3.05) is 0 Å². The summed E-state index contributed by atoms with van der Waals surface area (Å²) in [6.07, 6.45) is 2.17. The highest BCUT2D eigenvalue weighted by Gasteiger charge is 1.86. The Balaban J connectivity index is 2.96. The van der Waals surface area contributed by atoms with Gasteiger partial charge in [-0.2, -0.15) is 0 Å². The van der Waals surface area contributed by atoms with Crippen LogP contribution >= 0.6 is 0 Å². The molecule has 0 unspecified atom stereocenters. The summed E-state index contributed by atoms with van der Waals surface area (Å²) in [5, 5.41) is 0. The Bertz CT molecular complexity index is 278. The fourth-order valence-corrected chi connectivity index (χ4v) is 1.02. The van der Waals surface area contributed by atoms with Gasteiger partial charge in [0.15, 0.2) is 5.43 Å². The summed E-state index contributed by atoms with van der Waals surface area (Å²) in [7, 11) is 0. The molecule has 0 fully saturated rings. The maximum absolute atomic E-state index is 10.8. The van der Waals surface area contributed by atoms with Gasteiger partial charge in [-0.25, -0.2) is 0 Å². The fraction of sp³-hybridized carbons (Fsp3) is 0.300. The smallest absolute Gasteiger partial charge is 0.178 e. The van der Waals surface area contributed by atoms with Crippen LogP contribution in [0.5, 0.6) is 0 Å². The second-order valence-electron chi connectivity index (χ2n) is 2.59. The molecule has 0 spiro atoms. The molecule has 0 heterocycles. The lowest BCUT2D eigenvalue weighted by molar-refractivity contribution is 0.923. The van der Waals surface area contributed by atoms with Crippen LogP contribution in [0.4, 0.5) is 0 Å². The maximum Gasteiger partial charge on any atom is 0.178 e. The van der Waals surface area contributed by atoms with Gasteiger partial charge in [-0.1, -0.05) is 31.5 Å². The van der Waals surface area contributed by atoms with Crippen molar-refractivity contribution in [1.29, 1.82) is 0 Å². The summed E-state index contributed by atoms with van der Waals surface area (Å²) in [6, 6.07) is 8.90. The summed E-state index contributed by atoms with van der Waals surface area (Å²) in [4.78, 5) is 10.8. The van der Waals surface area contributed by atoms with E-state index in [4.69, 9.17) is 0 Å². The van der Waals surface area contributed by atoms with E-state index in [1.807, 2.05) is 18.2 Å². The molecule has 1 aromatic carbocycles. The molecule has 0 saturated heterocycles. The molecule has 0 aromatic heterocycles. The first-order valence-electron chi connectivity index (χ1n) is 3.92. The molecule has 0 aliphatic rings. The molecular formula is C10H12O. The standard InChI is InChI=1S/C10H12O/c1-2-4-9-5-3-6-10(11)8-7-9/h3,5-8H,2,4H2,1H3. The molecule has 11 heavy (non-hydrogen) atoms. The predicted molar refractivity (Wildman–Crippen MR) is 46.7 cm³/mol. The van der Waals surface area contributed by atoms with Crippen molar-refractivity contribution in [2.24, 2.45) is 0 Å². The van der Waals surface area contributed by atoms with Crippen LogP contribution in [0.25, 0.3) is 0 Å². The van der Waals surface area contributed by atoms with E-state index in [0.29, 0.717) is 0 Å². The van der Waals surface area contributed by atoms with E-state index in [0.717, 1.165) is 12.8 Å². The zero-order valence-electron chi connectivity index (χ0n) is 6.71. The maximum atomic E-state index is 10.8. The van der Waals surface area contributed by atoms with Gasteiger partial charge in [0, 0.05) is 0 Å². The Hall–Kier alpha value is -1.11. The van der Waals surface area contributed by atoms with Gasteiger partial charge in [0.05, 0.1) is 0 Å². The van der Waals surface area contributed by atoms with Crippen molar-refractivity contribution in [2.45, 2.75) is 19.8 Å². The minimum Gasteiger partial charge on any atom is -0.290 e. The SMILES string of the molecule is CCCc1cccc(=O)cc1. The highest BCUT2D eigenvalue weighted by atomic mass is 16.1. The van der Waals surface area contributed by atoms with Crippen molar-refractivity contribution in [3.8, 4) is 0 Å². The van der Waals surface area contributed by atoms with E-state index >= 15 is 0 Å². The van der Waals surface area contributed by atoms with E-state index in [9.17, 15) is 4.79 Å². The lowest BCUT2D eigenvalue weighted by Crippen LogP contribution is -1.87. The molecule has 1 rings (SSSR count). The first-order chi connectivity index (χ1) is 5.33. The van der Waals surface area contributed by atoms with E-state index in [-0.39, 0.29) is 5.43 Å². The predicted octanol–water partition coefficient (Wildman–Crippen LogP) is 2.00. The summed E-state index contributed by atoms with van der Waals surface area (Å²) in [6.45, 7) is 2.13. The van der Waals surface area contributed by atoms with Gasteiger partial charge in [-0.05, 0) is 24.1 Å². The van der Waals surface area contributed by atoms with Gasteiger partial charge in [0.25, 0.3) is 0 Å². The zero-order chi connectivity index (χ0) is 8.10. The van der Waals surface area contributed by atoms with E-state index in [1.165, 1.54) is 5.56 Å². The van der Waals surface area contributed by atoms with Crippen LogP contribution in [0.3, 0.4) is 0 Å². The summed E-state index contributed by atoms with van der Waals surface area (Å²) in [5.74, 6) is 0. The highest BCUT2D eigenvalue weighted by molar-refractivity contribution is 5.13. The third-order valence-corrected chi connectivity index (χ3v) is 1.57. The largest absolute Gasteiger partial charge is 0.290 e. The van der Waals surface area contributed by atoms with Crippen molar-refractivity contribution in [3.05, 3.63) is 46.1 Å². The van der Waals surface area contributed by atoms with Crippen LogP contribution in [0.2, 0.25) is 0 Å². The number of hydrogen-bond acceptors (Lipinski definition) is 1. The molecule has 0 radical (unpaired) electrons. The Morgan fingerprint density at radius 2 is 2.00 bits per heavy atom. The molecule has 0 aliphatic carbocycles. The average molecular weight is 148 g/mol. The minimum absolute atomic E-state index is 0.0763. The molecule has 0 atom stereocenters. The van der Waals surface area contributed by atoms with Gasteiger partial charge < -0.3 is 0 Å². The molecule has 1 aromatic rings. The molecule has 0 saturated carbocycles. The van der Waals surface area contributed by atoms with E-state index in [2.05, 4.69) is 6.92 Å². The zero-order valence-corrected chi connectivity index (χ0v) is 6.71. The van der Waals surface area contributed by atoms with Crippen molar-refractivity contribution in [1.82, 2.24) is 0 Å². The third kappa shape index (κ3) is 2.54. The van der Waals surface area contributed by atoms with E-state index in [1.54, 1.807) is 12.1 Å². The van der Waals surface area contributed by atoms with Crippen LogP contribution < -0.4 is 5.43 Å². The second-order valence-corrected chi connectivity index (χ2v) is 2.59. The first-order valence-corrected chi connectivity index (χ1v) is 3.92. The summed E-state index contributed by atoms with van der Waals surface area (Å²) in [5.41, 5.74) is 1.31. The molecular weight excluding hydrogens is 136 g/mol. The van der Waals surface area contributed by atoms with Crippen molar-refractivity contribution >= 4 is 0 Å². The quantitative estimate of drug-likeness (QED) is 0.627. The number of aryl methyl sites for hydroxylation is 1. The van der Waals surface area contributed by atoms with Crippen LogP contribution in [-0.4, -0.2) is 0 Å². The number of rotatable bonds is 2. The van der Waals surface area contributed by atoms with Crippen molar-refractivity contribution < 1.29 is 0 Å². The van der Waals surface area contributed by atoms with E-state index < -0.39 is 0 Å². The lowest BCUT2D eigenvalue weighted by atomic mass is 10.2. The highest BCUT2D eigenvalue weighted by Crippen LogP contribution is 1.98. The molecule has 0 bridgehead atoms. The van der Waals surface area contributed by atoms with Gasteiger partial charge in [-0.15, -0.1) is 0 Å². The molecule has 0 aliphatic heterocycles. The Morgan fingerprint density at radius 3 is 2.73 bits per heavy atom. The Kier molecular flexibility index (Phi) is 2.84. The Morgan fingerprint density at radius 1 is 1.18 bits per heavy atom. The third-order valence-electron chi connectivity index (χ3n) is 1.57. The van der Waals surface area contributed by atoms with Crippen LogP contribution in [0.1, 0.15) is 18.9 Å². The second kappa shape index (κ2) is 3.91. The first kappa shape index (κ1) is 7.99. The van der Waals surface area contributed by atoms with Crippen LogP contribution in [0, 0.1) is 0 Å².